The number of methoxy groups -OCH3 is 1. The zero-order valence-electron chi connectivity index (χ0n) is 16.2. The maximum atomic E-state index is 13.1. The summed E-state index contributed by atoms with van der Waals surface area (Å²) in [6.07, 6.45) is 0. The topological polar surface area (TPSA) is 113 Å². The number of fused-ring (bicyclic) bond motifs is 1. The smallest absolute Gasteiger partial charge is 0.263 e. The molecule has 3 aromatic rings. The van der Waals surface area contributed by atoms with Crippen LogP contribution in [0.4, 0.5) is 5.69 Å². The fourth-order valence-electron chi connectivity index (χ4n) is 3.56. The number of ether oxygens (including phenoxy) is 1. The van der Waals surface area contributed by atoms with Crippen molar-refractivity contribution in [2.24, 2.45) is 10.3 Å². The minimum atomic E-state index is -0.922. The molecule has 0 bridgehead atoms. The van der Waals surface area contributed by atoms with Crippen molar-refractivity contribution in [1.82, 2.24) is 15.1 Å². The predicted molar refractivity (Wildman–Crippen MR) is 108 cm³/mol. The average Bonchev–Trinajstić information content (AvgIpc) is 3.47. The molecule has 2 aliphatic heterocycles. The first-order valence-corrected chi connectivity index (χ1v) is 9.71. The highest BCUT2D eigenvalue weighted by molar-refractivity contribution is 6.30. The van der Waals surface area contributed by atoms with Crippen molar-refractivity contribution >= 4 is 29.1 Å². The first-order chi connectivity index (χ1) is 15.0. The summed E-state index contributed by atoms with van der Waals surface area (Å²) in [5.74, 6) is 0.252. The van der Waals surface area contributed by atoms with Crippen LogP contribution in [-0.4, -0.2) is 46.2 Å². The van der Waals surface area contributed by atoms with Gasteiger partial charge in [0.2, 0.25) is 11.7 Å². The van der Waals surface area contributed by atoms with Crippen molar-refractivity contribution in [3.8, 4) is 17.1 Å². The number of hydrogen-bond acceptors (Lipinski definition) is 9. The second kappa shape index (κ2) is 7.47. The Morgan fingerprint density at radius 2 is 1.97 bits per heavy atom. The van der Waals surface area contributed by atoms with E-state index in [0.29, 0.717) is 27.8 Å². The standard InChI is InChI=1S/C20H15ClN6O4/c1-30-14-7-3-6-13(9-14)27-19(28)16-17(20(27)29)26(25-23-16)10-15-22-18(24-31-15)11-4-2-5-12(21)8-11/h2-9,16-17H,10H2,1H3/t16-,17-/m0/s1. The number of imide groups is 1. The molecule has 0 unspecified atom stereocenters. The lowest BCUT2D eigenvalue weighted by Crippen LogP contribution is -2.39. The molecule has 2 amide bonds. The Morgan fingerprint density at radius 1 is 1.13 bits per heavy atom. The maximum Gasteiger partial charge on any atom is 0.263 e. The van der Waals surface area contributed by atoms with E-state index in [2.05, 4.69) is 20.5 Å². The number of anilines is 1. The molecule has 5 rings (SSSR count). The van der Waals surface area contributed by atoms with Gasteiger partial charge in [0, 0.05) is 16.7 Å². The Hall–Kier alpha value is -3.79. The van der Waals surface area contributed by atoms with Gasteiger partial charge in [0.25, 0.3) is 11.8 Å². The zero-order valence-corrected chi connectivity index (χ0v) is 16.9. The lowest BCUT2D eigenvalue weighted by Gasteiger charge is -2.19. The summed E-state index contributed by atoms with van der Waals surface area (Å²) in [5.41, 5.74) is 1.11. The van der Waals surface area contributed by atoms with E-state index in [4.69, 9.17) is 20.9 Å². The number of amides is 2. The molecule has 0 N–H and O–H groups in total. The molecule has 156 valence electrons. The third-order valence-corrected chi connectivity index (χ3v) is 5.25. The first kappa shape index (κ1) is 19.2. The molecule has 2 atom stereocenters. The summed E-state index contributed by atoms with van der Waals surface area (Å²) in [4.78, 5) is 31.4. The SMILES string of the molecule is COc1cccc(N2C(=O)[C@H]3N=NN(Cc4nc(-c5cccc(Cl)c5)no4)[C@@H]3C2=O)c1. The summed E-state index contributed by atoms with van der Waals surface area (Å²) >= 11 is 6.01. The molecule has 31 heavy (non-hydrogen) atoms. The second-order valence-corrected chi connectivity index (χ2v) is 7.36. The van der Waals surface area contributed by atoms with E-state index in [1.165, 1.54) is 12.1 Å². The van der Waals surface area contributed by atoms with Gasteiger partial charge in [-0.2, -0.15) is 10.1 Å². The summed E-state index contributed by atoms with van der Waals surface area (Å²) in [7, 11) is 1.51. The number of nitrogens with zero attached hydrogens (tertiary/aromatic N) is 6. The van der Waals surface area contributed by atoms with E-state index in [1.807, 2.05) is 0 Å². The average molecular weight is 439 g/mol. The number of carbonyl (C=O) groups excluding carboxylic acids is 2. The van der Waals surface area contributed by atoms with Crippen molar-refractivity contribution in [1.29, 1.82) is 0 Å². The van der Waals surface area contributed by atoms with Crippen LogP contribution in [0.1, 0.15) is 5.89 Å². The molecule has 0 aliphatic carbocycles. The predicted octanol–water partition coefficient (Wildman–Crippen LogP) is 2.89. The highest BCUT2D eigenvalue weighted by Gasteiger charge is 2.55. The van der Waals surface area contributed by atoms with Crippen molar-refractivity contribution < 1.29 is 18.8 Å². The monoisotopic (exact) mass is 438 g/mol. The molecule has 1 saturated heterocycles. The van der Waals surface area contributed by atoms with Crippen molar-refractivity contribution in [2.75, 3.05) is 12.0 Å². The Labute approximate surface area is 181 Å². The van der Waals surface area contributed by atoms with Crippen LogP contribution < -0.4 is 9.64 Å². The summed E-state index contributed by atoms with van der Waals surface area (Å²) in [6, 6.07) is 12.0. The van der Waals surface area contributed by atoms with Gasteiger partial charge in [0.1, 0.15) is 12.3 Å². The van der Waals surface area contributed by atoms with Crippen LogP contribution in [-0.2, 0) is 16.1 Å². The van der Waals surface area contributed by atoms with Gasteiger partial charge in [0.15, 0.2) is 12.1 Å². The van der Waals surface area contributed by atoms with Gasteiger partial charge in [-0.1, -0.05) is 40.2 Å². The highest BCUT2D eigenvalue weighted by Crippen LogP contribution is 2.34. The van der Waals surface area contributed by atoms with Crippen LogP contribution in [0.3, 0.4) is 0 Å². The highest BCUT2D eigenvalue weighted by atomic mass is 35.5. The Bertz CT molecular complexity index is 1210. The van der Waals surface area contributed by atoms with E-state index in [0.717, 1.165) is 4.90 Å². The lowest BCUT2D eigenvalue weighted by molar-refractivity contribution is -0.123. The van der Waals surface area contributed by atoms with Crippen molar-refractivity contribution in [3.63, 3.8) is 0 Å². The van der Waals surface area contributed by atoms with Gasteiger partial charge in [-0.25, -0.2) is 4.90 Å². The van der Waals surface area contributed by atoms with Gasteiger partial charge in [-0.15, -0.1) is 0 Å². The van der Waals surface area contributed by atoms with E-state index in [-0.39, 0.29) is 12.4 Å². The molecule has 3 heterocycles. The van der Waals surface area contributed by atoms with Crippen molar-refractivity contribution in [3.05, 3.63) is 59.4 Å². The summed E-state index contributed by atoms with van der Waals surface area (Å²) < 4.78 is 10.5. The molecule has 1 aromatic heterocycles. The Morgan fingerprint density at radius 3 is 2.77 bits per heavy atom. The number of aromatic nitrogens is 2. The third-order valence-electron chi connectivity index (χ3n) is 5.02. The minimum Gasteiger partial charge on any atom is -0.497 e. The number of benzene rings is 2. The molecule has 2 aliphatic rings. The molecule has 0 spiro atoms. The van der Waals surface area contributed by atoms with Crippen LogP contribution in [0.2, 0.25) is 5.02 Å². The van der Waals surface area contributed by atoms with Crippen LogP contribution in [0.25, 0.3) is 11.4 Å². The largest absolute Gasteiger partial charge is 0.497 e. The van der Waals surface area contributed by atoms with Crippen LogP contribution in [0.5, 0.6) is 5.75 Å². The quantitative estimate of drug-likeness (QED) is 0.562. The molecular formula is C20H15ClN6O4. The van der Waals surface area contributed by atoms with E-state index in [1.54, 1.807) is 48.5 Å². The number of carbonyl (C=O) groups is 2. The van der Waals surface area contributed by atoms with Crippen molar-refractivity contribution in [2.45, 2.75) is 18.6 Å². The lowest BCUT2D eigenvalue weighted by atomic mass is 10.1. The third kappa shape index (κ3) is 3.30. The number of hydrogen-bond donors (Lipinski definition) is 0. The van der Waals surface area contributed by atoms with Gasteiger partial charge >= 0.3 is 0 Å². The van der Waals surface area contributed by atoms with Gasteiger partial charge in [-0.05, 0) is 24.3 Å². The fourth-order valence-corrected chi connectivity index (χ4v) is 3.75. The Kier molecular flexibility index (Phi) is 4.63. The normalized spacial score (nSPS) is 19.9. The van der Waals surface area contributed by atoms with Crippen LogP contribution in [0, 0.1) is 0 Å². The van der Waals surface area contributed by atoms with Gasteiger partial charge in [0.05, 0.1) is 12.8 Å². The van der Waals surface area contributed by atoms with E-state index in [9.17, 15) is 9.59 Å². The summed E-state index contributed by atoms with van der Waals surface area (Å²) in [6.45, 7) is 0.0310. The zero-order chi connectivity index (χ0) is 21.5. The van der Waals surface area contributed by atoms with Crippen LogP contribution >= 0.6 is 11.6 Å². The van der Waals surface area contributed by atoms with E-state index >= 15 is 0 Å². The minimum absolute atomic E-state index is 0.0310. The Balaban J connectivity index is 1.37. The molecule has 2 aromatic carbocycles. The first-order valence-electron chi connectivity index (χ1n) is 9.33. The molecule has 1 fully saturated rings. The fraction of sp³-hybridized carbons (Fsp3) is 0.200. The van der Waals surface area contributed by atoms with Gasteiger partial charge in [-0.3, -0.25) is 14.6 Å². The van der Waals surface area contributed by atoms with Gasteiger partial charge < -0.3 is 9.26 Å². The molecule has 10 nitrogen and oxygen atoms in total. The second-order valence-electron chi connectivity index (χ2n) is 6.93. The molecule has 11 heteroatoms. The van der Waals surface area contributed by atoms with E-state index < -0.39 is 23.9 Å². The maximum absolute atomic E-state index is 13.1. The number of halogens is 1. The molecular weight excluding hydrogens is 424 g/mol. The molecule has 0 saturated carbocycles. The molecule has 0 radical (unpaired) electrons. The van der Waals surface area contributed by atoms with Crippen LogP contribution in [0.15, 0.2) is 63.4 Å². The summed E-state index contributed by atoms with van der Waals surface area (Å²) in [5, 5.41) is 13.9. The number of rotatable bonds is 5.